The van der Waals surface area contributed by atoms with E-state index in [1.54, 1.807) is 31.2 Å². The van der Waals surface area contributed by atoms with Crippen LogP contribution in [0.2, 0.25) is 5.02 Å². The molecule has 1 N–H and O–H groups in total. The number of nitrogens with zero attached hydrogens (tertiary/aromatic N) is 7. The maximum absolute atomic E-state index is 14.1. The summed E-state index contributed by atoms with van der Waals surface area (Å²) in [7, 11) is -3.94. The lowest BCUT2D eigenvalue weighted by Crippen LogP contribution is -2.49. The predicted molar refractivity (Wildman–Crippen MR) is 215 cm³/mol. The molecule has 0 spiro atoms. The van der Waals surface area contributed by atoms with Crippen molar-refractivity contribution in [3.8, 4) is 29.0 Å². The van der Waals surface area contributed by atoms with Gasteiger partial charge in [-0.3, -0.25) is 24.0 Å². The number of pyridine rings is 2. The number of benzene rings is 1. The van der Waals surface area contributed by atoms with E-state index in [4.69, 9.17) is 16.3 Å². The highest BCUT2D eigenvalue weighted by molar-refractivity contribution is 7.90. The second-order valence-electron chi connectivity index (χ2n) is 14.0. The number of anilines is 1. The number of rotatable bonds is 11. The smallest absolute Gasteiger partial charge is 0.319 e. The van der Waals surface area contributed by atoms with Gasteiger partial charge in [0.05, 0.1) is 59.2 Å². The van der Waals surface area contributed by atoms with Crippen LogP contribution >= 0.6 is 22.9 Å². The second-order valence-corrected chi connectivity index (χ2v) is 17.3. The average Bonchev–Trinajstić information content (AvgIpc) is 3.61. The Morgan fingerprint density at radius 1 is 1.19 bits per heavy atom. The van der Waals surface area contributed by atoms with Crippen molar-refractivity contribution in [1.82, 2.24) is 29.1 Å². The SMILES string of the molecule is CCN(c1ncc2nc(C)n(CC#Cc3ccc(Cl)cc3-c3ccnc4c(C(=O)NS(=O)(=O)C5COC5)csc34)c(=O)c2c1C#N)C1CCN(CC(F)(F)C(F)F)CC1. The number of thiophene rings is 1. The van der Waals surface area contributed by atoms with Gasteiger partial charge in [-0.05, 0) is 51.0 Å². The van der Waals surface area contributed by atoms with Crippen LogP contribution in [0.1, 0.15) is 47.1 Å². The maximum Gasteiger partial charge on any atom is 0.319 e. The van der Waals surface area contributed by atoms with Crippen molar-refractivity contribution in [2.75, 3.05) is 44.3 Å². The van der Waals surface area contributed by atoms with E-state index in [1.807, 2.05) is 11.8 Å². The quantitative estimate of drug-likeness (QED) is 0.130. The van der Waals surface area contributed by atoms with E-state index in [2.05, 4.69) is 37.6 Å². The standard InChI is InChI=1S/C39H35ClF4N8O5S2/c1-3-51(25-9-13-50(14-10-25)21-39(43,44)38(41)42)35-29(16-45)32-31(17-47-35)48-22(2)52(37(32)54)12-4-5-23-6-7-24(40)15-28(23)27-8-11-46-33-30(20-58-34(27)33)36(53)49-59(55,56)26-18-57-19-26/h6-8,11,15,17,20,25-26,38H,3,9-10,12-14,18-19,21H2,1-2H3,(H,49,53). The van der Waals surface area contributed by atoms with E-state index in [0.717, 1.165) is 0 Å². The van der Waals surface area contributed by atoms with E-state index >= 15 is 0 Å². The molecule has 0 unspecified atom stereocenters. The third kappa shape index (κ3) is 8.35. The van der Waals surface area contributed by atoms with E-state index in [1.165, 1.54) is 38.6 Å². The number of aromatic nitrogens is 4. The fourth-order valence-corrected chi connectivity index (χ4v) is 9.48. The number of alkyl halides is 4. The van der Waals surface area contributed by atoms with Gasteiger partial charge in [-0.25, -0.2) is 31.9 Å². The number of likely N-dealkylation sites (tertiary alicyclic amines) is 1. The number of sulfonamides is 1. The molecule has 6 heterocycles. The molecule has 0 radical (unpaired) electrons. The highest BCUT2D eigenvalue weighted by atomic mass is 35.5. The van der Waals surface area contributed by atoms with Crippen LogP contribution in [0.4, 0.5) is 23.4 Å². The number of nitriles is 1. The zero-order chi connectivity index (χ0) is 42.2. The molecule has 0 saturated carbocycles. The van der Waals surface area contributed by atoms with E-state index in [0.29, 0.717) is 51.6 Å². The first kappa shape index (κ1) is 42.0. The second kappa shape index (κ2) is 16.8. The Kier molecular flexibility index (Phi) is 12.0. The molecule has 308 valence electrons. The molecule has 7 rings (SSSR count). The first-order valence-electron chi connectivity index (χ1n) is 18.4. The molecule has 5 aromatic rings. The fraction of sp³-hybridized carbons (Fsp3) is 0.385. The van der Waals surface area contributed by atoms with Crippen molar-refractivity contribution < 1.29 is 35.5 Å². The first-order valence-corrected chi connectivity index (χ1v) is 21.2. The van der Waals surface area contributed by atoms with Crippen LogP contribution in [0.15, 0.2) is 46.8 Å². The number of nitrogens with one attached hydrogen (secondary N) is 1. The van der Waals surface area contributed by atoms with Gasteiger partial charge in [-0.1, -0.05) is 23.4 Å². The number of aryl methyl sites for hydroxylation is 1. The molecule has 2 saturated heterocycles. The third-order valence-corrected chi connectivity index (χ3v) is 13.2. The van der Waals surface area contributed by atoms with Crippen LogP contribution in [0.3, 0.4) is 0 Å². The van der Waals surface area contributed by atoms with Crippen LogP contribution in [-0.4, -0.2) is 102 Å². The molecular formula is C39H35ClF4N8O5S2. The zero-order valence-electron chi connectivity index (χ0n) is 31.5. The van der Waals surface area contributed by atoms with Gasteiger partial charge in [-0.2, -0.15) is 14.0 Å². The fourth-order valence-electron chi connectivity index (χ4n) is 7.19. The summed E-state index contributed by atoms with van der Waals surface area (Å²) in [5.74, 6) is 1.77. The topological polar surface area (TPSA) is 163 Å². The minimum absolute atomic E-state index is 0.00396. The van der Waals surface area contributed by atoms with Gasteiger partial charge in [-0.15, -0.1) is 11.3 Å². The minimum atomic E-state index is -4.12. The van der Waals surface area contributed by atoms with Gasteiger partial charge in [0, 0.05) is 59.0 Å². The summed E-state index contributed by atoms with van der Waals surface area (Å²) < 4.78 is 87.3. The lowest BCUT2D eigenvalue weighted by Gasteiger charge is -2.39. The number of ether oxygens (including phenoxy) is 1. The number of amides is 1. The first-order chi connectivity index (χ1) is 28.1. The summed E-state index contributed by atoms with van der Waals surface area (Å²) in [4.78, 5) is 43.8. The summed E-state index contributed by atoms with van der Waals surface area (Å²) in [6, 6.07) is 8.66. The minimum Gasteiger partial charge on any atom is -0.378 e. The Hall–Kier alpha value is -5.18. The zero-order valence-corrected chi connectivity index (χ0v) is 33.9. The molecule has 59 heavy (non-hydrogen) atoms. The van der Waals surface area contributed by atoms with Crippen molar-refractivity contribution in [1.29, 1.82) is 5.26 Å². The lowest BCUT2D eigenvalue weighted by atomic mass is 10.00. The highest BCUT2D eigenvalue weighted by Crippen LogP contribution is 2.37. The Labute approximate surface area is 344 Å². The molecule has 1 amide bonds. The van der Waals surface area contributed by atoms with Crippen molar-refractivity contribution in [2.45, 2.75) is 56.9 Å². The molecule has 2 aliphatic heterocycles. The Morgan fingerprint density at radius 3 is 2.59 bits per heavy atom. The molecule has 20 heteroatoms. The molecular weight excluding hydrogens is 836 g/mol. The molecule has 4 aromatic heterocycles. The number of piperidine rings is 1. The monoisotopic (exact) mass is 870 g/mol. The predicted octanol–water partition coefficient (Wildman–Crippen LogP) is 5.60. The normalized spacial score (nSPS) is 15.5. The van der Waals surface area contributed by atoms with Gasteiger partial charge >= 0.3 is 12.3 Å². The summed E-state index contributed by atoms with van der Waals surface area (Å²) in [6.45, 7) is 2.95. The maximum atomic E-state index is 14.1. The summed E-state index contributed by atoms with van der Waals surface area (Å²) in [6.07, 6.45) is -0.154. The highest BCUT2D eigenvalue weighted by Gasteiger charge is 2.43. The van der Waals surface area contributed by atoms with E-state index in [-0.39, 0.29) is 72.3 Å². The summed E-state index contributed by atoms with van der Waals surface area (Å²) in [5.41, 5.74) is 1.82. The van der Waals surface area contributed by atoms with Crippen molar-refractivity contribution >= 4 is 65.8 Å². The molecule has 2 fully saturated rings. The Balaban J connectivity index is 1.17. The van der Waals surface area contributed by atoms with E-state index in [9.17, 15) is 40.8 Å². The number of fused-ring (bicyclic) bond motifs is 2. The number of carbonyl (C=O) groups excluding carboxylic acids is 1. The molecule has 1 aromatic carbocycles. The number of halogens is 5. The van der Waals surface area contributed by atoms with Crippen LogP contribution < -0.4 is 15.2 Å². The average molecular weight is 871 g/mol. The van der Waals surface area contributed by atoms with Gasteiger partial charge in [0.15, 0.2) is 0 Å². The Bertz CT molecular complexity index is 2740. The summed E-state index contributed by atoms with van der Waals surface area (Å²) in [5, 5.41) is 11.5. The largest absolute Gasteiger partial charge is 0.378 e. The lowest BCUT2D eigenvalue weighted by molar-refractivity contribution is -0.143. The Morgan fingerprint density at radius 2 is 1.93 bits per heavy atom. The van der Waals surface area contributed by atoms with Crippen molar-refractivity contribution in [3.05, 3.63) is 79.9 Å². The van der Waals surface area contributed by atoms with Crippen LogP contribution in [0, 0.1) is 30.1 Å². The molecule has 2 aliphatic rings. The number of hydrogen-bond acceptors (Lipinski definition) is 12. The van der Waals surface area contributed by atoms with Gasteiger partial charge < -0.3 is 9.64 Å². The number of hydrogen-bond donors (Lipinski definition) is 1. The van der Waals surface area contributed by atoms with Gasteiger partial charge in [0.1, 0.15) is 28.5 Å². The molecule has 0 atom stereocenters. The third-order valence-electron chi connectivity index (χ3n) is 10.4. The molecule has 13 nitrogen and oxygen atoms in total. The van der Waals surface area contributed by atoms with Crippen LogP contribution in [0.25, 0.3) is 32.2 Å². The van der Waals surface area contributed by atoms with Crippen molar-refractivity contribution in [2.24, 2.45) is 0 Å². The van der Waals surface area contributed by atoms with Crippen LogP contribution in [0.5, 0.6) is 0 Å². The van der Waals surface area contributed by atoms with Crippen LogP contribution in [-0.2, 0) is 21.3 Å². The van der Waals surface area contributed by atoms with Crippen molar-refractivity contribution in [3.63, 3.8) is 0 Å². The molecule has 0 aliphatic carbocycles. The van der Waals surface area contributed by atoms with Gasteiger partial charge in [0.25, 0.3) is 11.5 Å². The van der Waals surface area contributed by atoms with E-state index < -0.39 is 45.6 Å². The molecule has 0 bridgehead atoms. The number of carbonyl (C=O) groups is 1. The summed E-state index contributed by atoms with van der Waals surface area (Å²) >= 11 is 7.64. The van der Waals surface area contributed by atoms with Gasteiger partial charge in [0.2, 0.25) is 10.0 Å².